The highest BCUT2D eigenvalue weighted by Gasteiger charge is 2.44. The van der Waals surface area contributed by atoms with Gasteiger partial charge in [0.2, 0.25) is 11.8 Å². The third-order valence-corrected chi connectivity index (χ3v) is 4.29. The Hall–Kier alpha value is -2.62. The van der Waals surface area contributed by atoms with Gasteiger partial charge in [0, 0.05) is 19.2 Å². The van der Waals surface area contributed by atoms with Crippen molar-refractivity contribution in [2.45, 2.75) is 12.1 Å². The molecule has 25 heavy (non-hydrogen) atoms. The van der Waals surface area contributed by atoms with Gasteiger partial charge in [-0.3, -0.25) is 14.4 Å². The molecular formula is C15H14F3N3O4. The molecule has 3 rings (SSSR count). The summed E-state index contributed by atoms with van der Waals surface area (Å²) in [7, 11) is 0. The fraction of sp³-hybridized carbons (Fsp3) is 0.400. The lowest BCUT2D eigenvalue weighted by Crippen LogP contribution is -2.70. The molecule has 2 N–H and O–H groups in total. The second-order valence-electron chi connectivity index (χ2n) is 5.79. The minimum Gasteiger partial charge on any atom is -0.394 e. The van der Waals surface area contributed by atoms with E-state index in [4.69, 9.17) is 5.11 Å². The number of rotatable bonds is 2. The molecule has 2 aliphatic heterocycles. The van der Waals surface area contributed by atoms with E-state index in [1.807, 2.05) is 0 Å². The lowest BCUT2D eigenvalue weighted by molar-refractivity contribution is -0.153. The van der Waals surface area contributed by atoms with Crippen molar-refractivity contribution in [3.8, 4) is 0 Å². The molecule has 0 saturated carbocycles. The Bertz CT molecular complexity index is 758. The second-order valence-corrected chi connectivity index (χ2v) is 5.79. The molecule has 10 heteroatoms. The molecular weight excluding hydrogens is 343 g/mol. The molecule has 0 aromatic heterocycles. The highest BCUT2D eigenvalue weighted by Crippen LogP contribution is 2.20. The van der Waals surface area contributed by atoms with Crippen LogP contribution in [0.25, 0.3) is 0 Å². The number of hydrogen-bond acceptors (Lipinski definition) is 4. The van der Waals surface area contributed by atoms with Gasteiger partial charge >= 0.3 is 0 Å². The van der Waals surface area contributed by atoms with Crippen molar-refractivity contribution in [3.05, 3.63) is 35.1 Å². The summed E-state index contributed by atoms with van der Waals surface area (Å²) in [4.78, 5) is 38.9. The third kappa shape index (κ3) is 2.93. The summed E-state index contributed by atoms with van der Waals surface area (Å²) in [5.41, 5.74) is -0.650. The van der Waals surface area contributed by atoms with Crippen molar-refractivity contribution in [1.29, 1.82) is 0 Å². The maximum atomic E-state index is 13.8. The largest absolute Gasteiger partial charge is 0.394 e. The molecule has 2 atom stereocenters. The number of halogens is 3. The number of aliphatic hydroxyl groups is 1. The van der Waals surface area contributed by atoms with Gasteiger partial charge in [-0.2, -0.15) is 0 Å². The maximum absolute atomic E-state index is 13.8. The van der Waals surface area contributed by atoms with Gasteiger partial charge in [-0.1, -0.05) is 0 Å². The zero-order valence-corrected chi connectivity index (χ0v) is 12.8. The Morgan fingerprint density at radius 2 is 1.84 bits per heavy atom. The minimum absolute atomic E-state index is 0.00442. The number of carbonyl (C=O) groups is 3. The average Bonchev–Trinajstić information content (AvgIpc) is 2.60. The SMILES string of the molecule is O=C1N[C@H](CO)C(=O)N2CCN(C(=O)c3cc(F)c(F)cc3F)C[C@H]12. The first-order chi connectivity index (χ1) is 11.8. The first-order valence-electron chi connectivity index (χ1n) is 7.49. The van der Waals surface area contributed by atoms with E-state index < -0.39 is 59.4 Å². The Balaban J connectivity index is 1.81. The van der Waals surface area contributed by atoms with Crippen LogP contribution in [-0.2, 0) is 9.59 Å². The summed E-state index contributed by atoms with van der Waals surface area (Å²) in [6.07, 6.45) is 0. The van der Waals surface area contributed by atoms with Crippen LogP contribution in [0.5, 0.6) is 0 Å². The molecule has 2 aliphatic rings. The van der Waals surface area contributed by atoms with Crippen molar-refractivity contribution in [3.63, 3.8) is 0 Å². The smallest absolute Gasteiger partial charge is 0.257 e. The second kappa shape index (κ2) is 6.36. The van der Waals surface area contributed by atoms with Gasteiger partial charge in [-0.05, 0) is 6.07 Å². The van der Waals surface area contributed by atoms with Crippen LogP contribution < -0.4 is 5.32 Å². The molecule has 1 aromatic carbocycles. The molecule has 2 fully saturated rings. The first-order valence-corrected chi connectivity index (χ1v) is 7.49. The topological polar surface area (TPSA) is 89.9 Å². The Morgan fingerprint density at radius 3 is 2.52 bits per heavy atom. The van der Waals surface area contributed by atoms with E-state index in [0.717, 1.165) is 4.90 Å². The molecule has 0 unspecified atom stereocenters. The van der Waals surface area contributed by atoms with E-state index in [0.29, 0.717) is 6.07 Å². The fourth-order valence-corrected chi connectivity index (χ4v) is 2.97. The van der Waals surface area contributed by atoms with E-state index in [9.17, 15) is 27.6 Å². The summed E-state index contributed by atoms with van der Waals surface area (Å²) >= 11 is 0. The van der Waals surface area contributed by atoms with Crippen molar-refractivity contribution >= 4 is 17.7 Å². The molecule has 0 radical (unpaired) electrons. The van der Waals surface area contributed by atoms with Crippen LogP contribution >= 0.6 is 0 Å². The fourth-order valence-electron chi connectivity index (χ4n) is 2.97. The molecule has 2 saturated heterocycles. The highest BCUT2D eigenvalue weighted by atomic mass is 19.2. The van der Waals surface area contributed by atoms with Crippen molar-refractivity contribution in [2.75, 3.05) is 26.2 Å². The zero-order valence-electron chi connectivity index (χ0n) is 12.8. The molecule has 0 spiro atoms. The molecule has 3 amide bonds. The number of piperazine rings is 2. The number of nitrogens with zero attached hydrogens (tertiary/aromatic N) is 2. The van der Waals surface area contributed by atoms with Crippen molar-refractivity contribution in [2.24, 2.45) is 0 Å². The Labute approximate surface area is 140 Å². The zero-order chi connectivity index (χ0) is 18.3. The molecule has 2 heterocycles. The van der Waals surface area contributed by atoms with Gasteiger partial charge in [0.1, 0.15) is 17.9 Å². The number of benzene rings is 1. The number of carbonyl (C=O) groups excluding carboxylic acids is 3. The van der Waals surface area contributed by atoms with Gasteiger partial charge in [-0.25, -0.2) is 13.2 Å². The van der Waals surface area contributed by atoms with Crippen LogP contribution in [0, 0.1) is 17.5 Å². The molecule has 1 aromatic rings. The van der Waals surface area contributed by atoms with Gasteiger partial charge in [0.25, 0.3) is 5.91 Å². The predicted octanol–water partition coefficient (Wildman–Crippen LogP) is -0.752. The molecule has 0 bridgehead atoms. The number of fused-ring (bicyclic) bond motifs is 1. The lowest BCUT2D eigenvalue weighted by atomic mass is 10.0. The van der Waals surface area contributed by atoms with E-state index >= 15 is 0 Å². The van der Waals surface area contributed by atoms with Crippen molar-refractivity contribution in [1.82, 2.24) is 15.1 Å². The minimum atomic E-state index is -1.41. The summed E-state index contributed by atoms with van der Waals surface area (Å²) in [6, 6.07) is -1.27. The van der Waals surface area contributed by atoms with Crippen LogP contribution in [0.4, 0.5) is 13.2 Å². The summed E-state index contributed by atoms with van der Waals surface area (Å²) in [6.45, 7) is -0.765. The number of amides is 3. The quantitative estimate of drug-likeness (QED) is 0.682. The van der Waals surface area contributed by atoms with Gasteiger partial charge in [0.05, 0.1) is 18.7 Å². The van der Waals surface area contributed by atoms with Crippen molar-refractivity contribution < 1.29 is 32.7 Å². The van der Waals surface area contributed by atoms with Crippen LogP contribution in [0.15, 0.2) is 12.1 Å². The number of aliphatic hydroxyl groups excluding tert-OH is 1. The standard InChI is InChI=1S/C15H14F3N3O4/c16-8-4-10(18)9(17)3-7(8)14(24)20-1-2-21-12(5-20)13(23)19-11(6-22)15(21)25/h3-4,11-12,22H,1-2,5-6H2,(H,19,23)/t11-,12-/m1/s1. The predicted molar refractivity (Wildman–Crippen MR) is 76.7 cm³/mol. The van der Waals surface area contributed by atoms with Gasteiger partial charge < -0.3 is 20.2 Å². The Kier molecular flexibility index (Phi) is 4.38. The summed E-state index contributed by atoms with van der Waals surface area (Å²) in [5, 5.41) is 11.4. The summed E-state index contributed by atoms with van der Waals surface area (Å²) < 4.78 is 40.1. The number of hydrogen-bond donors (Lipinski definition) is 2. The van der Waals surface area contributed by atoms with Crippen LogP contribution in [0.1, 0.15) is 10.4 Å². The van der Waals surface area contributed by atoms with E-state index in [2.05, 4.69) is 5.32 Å². The Morgan fingerprint density at radius 1 is 1.16 bits per heavy atom. The summed E-state index contributed by atoms with van der Waals surface area (Å²) in [5.74, 6) is -5.91. The van der Waals surface area contributed by atoms with Gasteiger partial charge in [0.15, 0.2) is 11.6 Å². The lowest BCUT2D eigenvalue weighted by Gasteiger charge is -2.44. The van der Waals surface area contributed by atoms with Crippen LogP contribution in [-0.4, -0.2) is 71.0 Å². The molecule has 134 valence electrons. The third-order valence-electron chi connectivity index (χ3n) is 4.29. The number of nitrogens with one attached hydrogen (secondary N) is 1. The maximum Gasteiger partial charge on any atom is 0.257 e. The molecule has 0 aliphatic carbocycles. The average molecular weight is 357 g/mol. The first kappa shape index (κ1) is 17.2. The normalized spacial score (nSPS) is 23.4. The van der Waals surface area contributed by atoms with Crippen LogP contribution in [0.2, 0.25) is 0 Å². The van der Waals surface area contributed by atoms with Gasteiger partial charge in [-0.15, -0.1) is 0 Å². The van der Waals surface area contributed by atoms with E-state index in [-0.39, 0.29) is 25.7 Å². The molecule has 7 nitrogen and oxygen atoms in total. The monoisotopic (exact) mass is 357 g/mol. The van der Waals surface area contributed by atoms with Crippen LogP contribution in [0.3, 0.4) is 0 Å². The van der Waals surface area contributed by atoms with E-state index in [1.165, 1.54) is 4.90 Å². The highest BCUT2D eigenvalue weighted by molar-refractivity contribution is 5.99. The van der Waals surface area contributed by atoms with E-state index in [1.54, 1.807) is 0 Å².